The molecule has 3 aromatic rings. The van der Waals surface area contributed by atoms with Gasteiger partial charge in [-0.1, -0.05) is 48.5 Å². The average Bonchev–Trinajstić information content (AvgIpc) is 3.23. The van der Waals surface area contributed by atoms with Gasteiger partial charge >= 0.3 is 12.1 Å². The van der Waals surface area contributed by atoms with Gasteiger partial charge in [0.05, 0.1) is 18.7 Å². The zero-order valence-electron chi connectivity index (χ0n) is 21.2. The summed E-state index contributed by atoms with van der Waals surface area (Å²) in [5.41, 5.74) is 4.89. The highest BCUT2D eigenvalue weighted by atomic mass is 127. The fraction of sp³-hybridized carbons (Fsp3) is 0.333. The lowest BCUT2D eigenvalue weighted by atomic mass is 9.83. The number of piperidine rings is 1. The second kappa shape index (κ2) is 11.7. The summed E-state index contributed by atoms with van der Waals surface area (Å²) in [6.45, 7) is 5.65. The Labute approximate surface area is 264 Å². The number of carbonyl (C=O) groups excluding carboxylic acids is 2. The second-order valence-electron chi connectivity index (χ2n) is 10.4. The van der Waals surface area contributed by atoms with Gasteiger partial charge in [0.15, 0.2) is 0 Å². The Kier molecular flexibility index (Phi) is 8.71. The molecule has 0 bridgehead atoms. The van der Waals surface area contributed by atoms with Crippen LogP contribution in [-0.4, -0.2) is 37.4 Å². The zero-order chi connectivity index (χ0) is 27.0. The quantitative estimate of drug-likeness (QED) is 0.177. The van der Waals surface area contributed by atoms with E-state index in [1.54, 1.807) is 0 Å². The maximum absolute atomic E-state index is 13.1. The highest BCUT2D eigenvalue weighted by molar-refractivity contribution is 14.1. The number of benzene rings is 3. The van der Waals surface area contributed by atoms with Crippen molar-refractivity contribution in [1.29, 1.82) is 0 Å². The van der Waals surface area contributed by atoms with E-state index in [1.807, 2.05) is 38.1 Å². The highest BCUT2D eigenvalue weighted by Gasteiger charge is 2.40. The molecule has 1 aliphatic heterocycles. The van der Waals surface area contributed by atoms with Crippen molar-refractivity contribution in [3.05, 3.63) is 88.1 Å². The van der Waals surface area contributed by atoms with Crippen molar-refractivity contribution in [3.63, 3.8) is 0 Å². The minimum Gasteiger partial charge on any atom is -0.456 e. The van der Waals surface area contributed by atoms with Crippen LogP contribution in [0, 0.1) is 16.6 Å². The third kappa shape index (κ3) is 5.64. The van der Waals surface area contributed by atoms with E-state index in [9.17, 15) is 9.59 Å². The van der Waals surface area contributed by atoms with Crippen LogP contribution in [0.5, 0.6) is 0 Å². The van der Waals surface area contributed by atoms with Crippen LogP contribution in [0.4, 0.5) is 4.79 Å². The predicted octanol–water partition coefficient (Wildman–Crippen LogP) is 6.68. The van der Waals surface area contributed by atoms with E-state index in [4.69, 9.17) is 9.47 Å². The number of nitrogens with one attached hydrogen (secondary N) is 1. The van der Waals surface area contributed by atoms with Crippen LogP contribution in [0.25, 0.3) is 11.1 Å². The molecule has 0 aromatic heterocycles. The molecule has 0 spiro atoms. The van der Waals surface area contributed by atoms with E-state index in [-0.39, 0.29) is 23.9 Å². The number of hydrogen-bond acceptors (Lipinski definition) is 4. The van der Waals surface area contributed by atoms with Gasteiger partial charge in [-0.2, -0.15) is 4.79 Å². The standard InChI is InChI=1S/C30H28I3NO4/c1-30(2,38-28(35)26-24(31)11-12-25(32)27(26)33)18-13-15-34(16-14-18)29(36)37-17-23-21-9-5-3-7-19(21)20-8-4-6-10-22(20)23/h3-12,18,23H,13-17H2,1-2H3/p+1. The fourth-order valence-corrected chi connectivity index (χ4v) is 7.98. The summed E-state index contributed by atoms with van der Waals surface area (Å²) in [6, 6.07) is 20.7. The minimum absolute atomic E-state index is 0.0632. The molecule has 1 N–H and O–H groups in total. The van der Waals surface area contributed by atoms with Crippen molar-refractivity contribution in [2.75, 3.05) is 19.7 Å². The fourth-order valence-electron chi connectivity index (χ4n) is 5.65. The van der Waals surface area contributed by atoms with Crippen LogP contribution in [-0.2, 0) is 9.47 Å². The topological polar surface area (TPSA) is 57.0 Å². The Balaban J connectivity index is 1.18. The van der Waals surface area contributed by atoms with Gasteiger partial charge in [0.2, 0.25) is 0 Å². The van der Waals surface area contributed by atoms with Gasteiger partial charge < -0.3 is 9.47 Å². The molecule has 198 valence electrons. The zero-order valence-corrected chi connectivity index (χ0v) is 27.7. The molecule has 2 aliphatic rings. The van der Waals surface area contributed by atoms with E-state index in [1.165, 1.54) is 22.3 Å². The number of hydrogen-bond donors (Lipinski definition) is 1. The molecule has 3 aromatic carbocycles. The molecule has 1 aliphatic carbocycles. The Morgan fingerprint density at radius 3 is 2.03 bits per heavy atom. The Bertz CT molecular complexity index is 1340. The van der Waals surface area contributed by atoms with Gasteiger partial charge in [0.25, 0.3) is 0 Å². The molecule has 0 saturated carbocycles. The first-order valence-corrected chi connectivity index (χ1v) is 16.0. The summed E-state index contributed by atoms with van der Waals surface area (Å²) < 4.78 is 14.8. The van der Waals surface area contributed by atoms with E-state index in [2.05, 4.69) is 104 Å². The van der Waals surface area contributed by atoms with Crippen molar-refractivity contribution in [2.45, 2.75) is 38.2 Å². The van der Waals surface area contributed by atoms with Crippen molar-refractivity contribution in [3.8, 4) is 11.1 Å². The van der Waals surface area contributed by atoms with Crippen LogP contribution in [0.15, 0.2) is 60.7 Å². The van der Waals surface area contributed by atoms with Crippen molar-refractivity contribution >= 4 is 79.8 Å². The highest BCUT2D eigenvalue weighted by Crippen LogP contribution is 2.44. The van der Waals surface area contributed by atoms with Gasteiger partial charge in [-0.3, -0.25) is 0 Å². The van der Waals surface area contributed by atoms with Crippen molar-refractivity contribution in [1.82, 2.24) is 0 Å². The minimum atomic E-state index is -0.628. The van der Waals surface area contributed by atoms with Gasteiger partial charge in [0, 0.05) is 35.4 Å². The molecule has 0 unspecified atom stereocenters. The van der Waals surface area contributed by atoms with E-state index in [0.717, 1.165) is 28.5 Å². The lowest BCUT2D eigenvalue weighted by Crippen LogP contribution is -3.15. The molecule has 1 saturated heterocycles. The molecular formula is C30H29I3NO4+. The Hall–Kier alpha value is -1.25. The number of ether oxygens (including phenoxy) is 2. The molecule has 5 rings (SSSR count). The van der Waals surface area contributed by atoms with Gasteiger partial charge in [-0.05, 0) is 116 Å². The first kappa shape index (κ1) is 28.3. The normalized spacial score (nSPS) is 19.0. The van der Waals surface area contributed by atoms with Gasteiger partial charge in [-0.15, -0.1) is 0 Å². The van der Waals surface area contributed by atoms with Crippen LogP contribution < -0.4 is 4.90 Å². The number of alkyl carbamates (subject to hydrolysis) is 2. The smallest absolute Gasteiger partial charge is 0.456 e. The Morgan fingerprint density at radius 2 is 1.42 bits per heavy atom. The maximum atomic E-state index is 13.1. The van der Waals surface area contributed by atoms with Crippen LogP contribution in [0.3, 0.4) is 0 Å². The van der Waals surface area contributed by atoms with Crippen LogP contribution in [0.1, 0.15) is 54.1 Å². The predicted molar refractivity (Wildman–Crippen MR) is 173 cm³/mol. The second-order valence-corrected chi connectivity index (χ2v) is 13.8. The summed E-state index contributed by atoms with van der Waals surface area (Å²) in [7, 11) is 0. The van der Waals surface area contributed by atoms with Crippen LogP contribution in [0.2, 0.25) is 0 Å². The van der Waals surface area contributed by atoms with Crippen molar-refractivity contribution in [2.24, 2.45) is 5.92 Å². The molecule has 1 fully saturated rings. The summed E-state index contributed by atoms with van der Waals surface area (Å²) >= 11 is 6.65. The van der Waals surface area contributed by atoms with E-state index < -0.39 is 5.60 Å². The molecule has 38 heavy (non-hydrogen) atoms. The first-order valence-electron chi connectivity index (χ1n) is 12.7. The van der Waals surface area contributed by atoms with Gasteiger partial charge in [-0.25, -0.2) is 9.69 Å². The summed E-state index contributed by atoms with van der Waals surface area (Å²) in [6.07, 6.45) is 1.39. The SMILES string of the molecule is CC(C)(OC(=O)c1c(I)ccc(I)c1I)C1CC[NH+](C(=O)OCC2c3ccccc3-c3ccccc32)CC1. The number of carbonyl (C=O) groups is 2. The maximum Gasteiger partial charge on any atom is 0.514 e. The molecule has 0 atom stereocenters. The number of rotatable bonds is 5. The number of likely N-dealkylation sites (tertiary alicyclic amines) is 1. The summed E-state index contributed by atoms with van der Waals surface area (Å²) in [4.78, 5) is 27.0. The van der Waals surface area contributed by atoms with Crippen molar-refractivity contribution < 1.29 is 24.0 Å². The average molecular weight is 848 g/mol. The summed E-state index contributed by atoms with van der Waals surface area (Å²) in [5.74, 6) is -0.0448. The number of amides is 1. The molecule has 0 radical (unpaired) electrons. The third-order valence-corrected chi connectivity index (χ3v) is 11.8. The summed E-state index contributed by atoms with van der Waals surface area (Å²) in [5, 5.41) is 0. The molecule has 1 amide bonds. The largest absolute Gasteiger partial charge is 0.514 e. The molecule has 5 nitrogen and oxygen atoms in total. The van der Waals surface area contributed by atoms with E-state index in [0.29, 0.717) is 25.3 Å². The number of halogens is 3. The van der Waals surface area contributed by atoms with E-state index >= 15 is 0 Å². The number of quaternary nitrogens is 1. The van der Waals surface area contributed by atoms with Crippen LogP contribution >= 0.6 is 67.8 Å². The molecular weight excluding hydrogens is 819 g/mol. The lowest BCUT2D eigenvalue weighted by Gasteiger charge is -2.37. The number of fused-ring (bicyclic) bond motifs is 3. The third-order valence-electron chi connectivity index (χ3n) is 7.81. The molecule has 1 heterocycles. The number of esters is 1. The monoisotopic (exact) mass is 848 g/mol. The molecule has 8 heteroatoms. The van der Waals surface area contributed by atoms with Gasteiger partial charge in [0.1, 0.15) is 12.2 Å². The Morgan fingerprint density at radius 1 is 0.868 bits per heavy atom. The lowest BCUT2D eigenvalue weighted by molar-refractivity contribution is -0.831. The first-order chi connectivity index (χ1) is 18.2.